The van der Waals surface area contributed by atoms with E-state index in [-0.39, 0.29) is 22.6 Å². The number of nitrogens with one attached hydrogen (secondary N) is 2. The van der Waals surface area contributed by atoms with Crippen molar-refractivity contribution in [2.24, 2.45) is 5.10 Å². The molecular weight excluding hydrogens is 556 g/mol. The van der Waals surface area contributed by atoms with Gasteiger partial charge in [-0.1, -0.05) is 6.07 Å². The number of carbonyl (C=O) groups excluding carboxylic acids is 3. The Balaban J connectivity index is 1.38. The zero-order valence-electron chi connectivity index (χ0n) is 23.1. The predicted molar refractivity (Wildman–Crippen MR) is 158 cm³/mol. The summed E-state index contributed by atoms with van der Waals surface area (Å²) in [7, 11) is 1.53. The van der Waals surface area contributed by atoms with Crippen LogP contribution in [0.25, 0.3) is 0 Å². The summed E-state index contributed by atoms with van der Waals surface area (Å²) < 4.78 is 16.3. The van der Waals surface area contributed by atoms with Crippen molar-refractivity contribution < 1.29 is 33.5 Å². The average Bonchev–Trinajstić information content (AvgIpc) is 3.02. The number of anilines is 1. The molecule has 0 aliphatic rings. The Morgan fingerprint density at radius 2 is 1.58 bits per heavy atom. The van der Waals surface area contributed by atoms with Gasteiger partial charge in [-0.15, -0.1) is 0 Å². The Labute approximate surface area is 246 Å². The summed E-state index contributed by atoms with van der Waals surface area (Å²) in [5.74, 6) is -0.441. The molecule has 4 aromatic rings. The SMILES string of the molecule is CCOc1cc(C=NNC(=O)c2cccc(NC(=O)c3ccc([N+](=O)[O-])cc3)c2)ccc1OC(=O)c1ccc(OC)cc1. The van der Waals surface area contributed by atoms with Crippen molar-refractivity contribution in [3.63, 3.8) is 0 Å². The smallest absolute Gasteiger partial charge is 0.343 e. The van der Waals surface area contributed by atoms with Crippen LogP contribution in [0.1, 0.15) is 43.6 Å². The molecule has 2 N–H and O–H groups in total. The first-order valence-corrected chi connectivity index (χ1v) is 12.9. The number of carbonyl (C=O) groups is 3. The predicted octanol–water partition coefficient (Wildman–Crippen LogP) is 5.24. The lowest BCUT2D eigenvalue weighted by molar-refractivity contribution is -0.384. The molecule has 4 aromatic carbocycles. The van der Waals surface area contributed by atoms with Gasteiger partial charge in [-0.25, -0.2) is 10.2 Å². The van der Waals surface area contributed by atoms with Crippen molar-refractivity contribution in [1.29, 1.82) is 0 Å². The van der Waals surface area contributed by atoms with Crippen molar-refractivity contribution in [3.8, 4) is 17.2 Å². The number of hydrogen-bond acceptors (Lipinski definition) is 9. The number of nitro benzene ring substituents is 1. The van der Waals surface area contributed by atoms with E-state index in [1.165, 1.54) is 43.7 Å². The van der Waals surface area contributed by atoms with Gasteiger partial charge < -0.3 is 19.5 Å². The van der Waals surface area contributed by atoms with Crippen LogP contribution in [0.4, 0.5) is 11.4 Å². The molecule has 0 saturated heterocycles. The van der Waals surface area contributed by atoms with Crippen molar-refractivity contribution >= 4 is 35.4 Å². The number of methoxy groups -OCH3 is 1. The molecule has 12 heteroatoms. The van der Waals surface area contributed by atoms with Gasteiger partial charge in [0.1, 0.15) is 5.75 Å². The van der Waals surface area contributed by atoms with Crippen LogP contribution in [0.2, 0.25) is 0 Å². The minimum Gasteiger partial charge on any atom is -0.497 e. The lowest BCUT2D eigenvalue weighted by Crippen LogP contribution is -2.18. The molecular formula is C31H26N4O8. The van der Waals surface area contributed by atoms with E-state index in [0.717, 1.165) is 0 Å². The lowest BCUT2D eigenvalue weighted by atomic mass is 10.1. The molecule has 0 fully saturated rings. The van der Waals surface area contributed by atoms with E-state index >= 15 is 0 Å². The first-order valence-electron chi connectivity index (χ1n) is 12.9. The van der Waals surface area contributed by atoms with Crippen LogP contribution in [0, 0.1) is 10.1 Å². The van der Waals surface area contributed by atoms with E-state index in [4.69, 9.17) is 14.2 Å². The molecule has 0 atom stereocenters. The monoisotopic (exact) mass is 582 g/mol. The highest BCUT2D eigenvalue weighted by molar-refractivity contribution is 6.05. The lowest BCUT2D eigenvalue weighted by Gasteiger charge is -2.11. The fraction of sp³-hybridized carbons (Fsp3) is 0.0968. The number of nitrogens with zero attached hydrogens (tertiary/aromatic N) is 2. The fourth-order valence-electron chi connectivity index (χ4n) is 3.75. The highest BCUT2D eigenvalue weighted by Crippen LogP contribution is 2.29. The third-order valence-electron chi connectivity index (χ3n) is 5.90. The molecule has 0 bridgehead atoms. The molecule has 12 nitrogen and oxygen atoms in total. The quantitative estimate of drug-likeness (QED) is 0.0799. The Morgan fingerprint density at radius 3 is 2.26 bits per heavy atom. The summed E-state index contributed by atoms with van der Waals surface area (Å²) in [6.07, 6.45) is 1.40. The second-order valence-corrected chi connectivity index (χ2v) is 8.80. The maximum absolute atomic E-state index is 12.7. The molecule has 0 radical (unpaired) electrons. The van der Waals surface area contributed by atoms with Crippen LogP contribution in [-0.4, -0.2) is 42.6 Å². The number of benzene rings is 4. The van der Waals surface area contributed by atoms with Gasteiger partial charge in [0, 0.05) is 28.9 Å². The third kappa shape index (κ3) is 8.01. The maximum Gasteiger partial charge on any atom is 0.343 e. The minimum absolute atomic E-state index is 0.131. The number of nitro groups is 1. The fourth-order valence-corrected chi connectivity index (χ4v) is 3.75. The third-order valence-corrected chi connectivity index (χ3v) is 5.90. The topological polar surface area (TPSA) is 158 Å². The van der Waals surface area contributed by atoms with E-state index in [1.54, 1.807) is 67.6 Å². The van der Waals surface area contributed by atoms with Gasteiger partial charge in [0.2, 0.25) is 0 Å². The van der Waals surface area contributed by atoms with Gasteiger partial charge in [0.25, 0.3) is 17.5 Å². The molecule has 2 amide bonds. The van der Waals surface area contributed by atoms with E-state index in [1.807, 2.05) is 0 Å². The standard InChI is InChI=1S/C31H26N4O8/c1-3-42-28-17-20(7-16-27(28)43-31(38)22-10-14-26(41-2)15-11-22)19-32-34-30(37)23-5-4-6-24(18-23)33-29(36)21-8-12-25(13-9-21)35(39)40/h4-19H,3H2,1-2H3,(H,33,36)(H,34,37). The van der Waals surface area contributed by atoms with Crippen molar-refractivity contribution in [2.75, 3.05) is 19.0 Å². The van der Waals surface area contributed by atoms with Gasteiger partial charge in [-0.2, -0.15) is 5.10 Å². The van der Waals surface area contributed by atoms with Crippen molar-refractivity contribution in [3.05, 3.63) is 123 Å². The molecule has 0 saturated carbocycles. The first-order chi connectivity index (χ1) is 20.8. The van der Waals surface area contributed by atoms with Gasteiger partial charge in [0.05, 0.1) is 30.4 Å². The van der Waals surface area contributed by atoms with E-state index in [2.05, 4.69) is 15.8 Å². The molecule has 0 aliphatic heterocycles. The molecule has 43 heavy (non-hydrogen) atoms. The molecule has 0 heterocycles. The molecule has 0 unspecified atom stereocenters. The molecule has 0 aliphatic carbocycles. The summed E-state index contributed by atoms with van der Waals surface area (Å²) in [6, 6.07) is 22.7. The number of rotatable bonds is 11. The molecule has 218 valence electrons. The molecule has 0 aromatic heterocycles. The van der Waals surface area contributed by atoms with Gasteiger partial charge in [-0.05, 0) is 85.3 Å². The van der Waals surface area contributed by atoms with Gasteiger partial charge in [0.15, 0.2) is 11.5 Å². The highest BCUT2D eigenvalue weighted by atomic mass is 16.6. The number of hydrazone groups is 1. The number of non-ortho nitro benzene ring substituents is 1. The second kappa shape index (κ2) is 14.0. The van der Waals surface area contributed by atoms with Crippen LogP contribution >= 0.6 is 0 Å². The van der Waals surface area contributed by atoms with E-state index < -0.39 is 22.7 Å². The Bertz CT molecular complexity index is 1670. The first kappa shape index (κ1) is 29.9. The van der Waals surface area contributed by atoms with Crippen LogP contribution in [0.15, 0.2) is 96.1 Å². The van der Waals surface area contributed by atoms with E-state index in [9.17, 15) is 24.5 Å². The Kier molecular flexibility index (Phi) is 9.77. The summed E-state index contributed by atoms with van der Waals surface area (Å²) in [4.78, 5) is 48.0. The largest absolute Gasteiger partial charge is 0.497 e. The van der Waals surface area contributed by atoms with Crippen LogP contribution in [-0.2, 0) is 0 Å². The normalized spacial score (nSPS) is 10.6. The summed E-state index contributed by atoms with van der Waals surface area (Å²) in [5.41, 5.74) is 4.00. The summed E-state index contributed by atoms with van der Waals surface area (Å²) in [5, 5.41) is 17.5. The Morgan fingerprint density at radius 1 is 0.860 bits per heavy atom. The second-order valence-electron chi connectivity index (χ2n) is 8.80. The summed E-state index contributed by atoms with van der Waals surface area (Å²) in [6.45, 7) is 2.11. The van der Waals surface area contributed by atoms with E-state index in [0.29, 0.717) is 34.9 Å². The number of esters is 1. The maximum atomic E-state index is 12.7. The number of amides is 2. The van der Waals surface area contributed by atoms with Crippen LogP contribution < -0.4 is 25.0 Å². The average molecular weight is 583 g/mol. The number of ether oxygens (including phenoxy) is 3. The minimum atomic E-state index is -0.566. The Hall–Kier alpha value is -6.04. The highest BCUT2D eigenvalue weighted by Gasteiger charge is 2.14. The zero-order valence-corrected chi connectivity index (χ0v) is 23.1. The van der Waals surface area contributed by atoms with Crippen LogP contribution in [0.3, 0.4) is 0 Å². The molecule has 4 rings (SSSR count). The van der Waals surface area contributed by atoms with Crippen LogP contribution in [0.5, 0.6) is 17.2 Å². The van der Waals surface area contributed by atoms with Gasteiger partial charge >= 0.3 is 5.97 Å². The summed E-state index contributed by atoms with van der Waals surface area (Å²) >= 11 is 0. The van der Waals surface area contributed by atoms with Crippen molar-refractivity contribution in [2.45, 2.75) is 6.92 Å². The van der Waals surface area contributed by atoms with Crippen molar-refractivity contribution in [1.82, 2.24) is 5.43 Å². The van der Waals surface area contributed by atoms with Gasteiger partial charge in [-0.3, -0.25) is 19.7 Å². The number of hydrogen-bond donors (Lipinski definition) is 2. The molecule has 0 spiro atoms. The zero-order chi connectivity index (χ0) is 30.8.